The molecular weight excluding hydrogens is 256 g/mol. The maximum absolute atomic E-state index is 11.4. The van der Waals surface area contributed by atoms with Gasteiger partial charge >= 0.3 is 5.97 Å². The van der Waals surface area contributed by atoms with Gasteiger partial charge in [-0.15, -0.1) is 0 Å². The third-order valence-electron chi connectivity index (χ3n) is 3.94. The zero-order valence-electron chi connectivity index (χ0n) is 11.4. The average Bonchev–Trinajstić information content (AvgIpc) is 2.73. The number of aryl methyl sites for hydroxylation is 1. The van der Waals surface area contributed by atoms with E-state index in [1.54, 1.807) is 12.1 Å². The molecule has 1 heterocycles. The van der Waals surface area contributed by atoms with Crippen LogP contribution in [0.2, 0.25) is 0 Å². The number of carboxylic acids is 1. The number of carboxylic acid groups (broad SMARTS) is 1. The summed E-state index contributed by atoms with van der Waals surface area (Å²) in [6.45, 7) is 2.08. The second kappa shape index (κ2) is 4.90. The molecule has 3 rings (SSSR count). The van der Waals surface area contributed by atoms with E-state index in [9.17, 15) is 15.0 Å². The summed E-state index contributed by atoms with van der Waals surface area (Å²) in [5, 5.41) is 18.9. The summed E-state index contributed by atoms with van der Waals surface area (Å²) in [7, 11) is 0. The molecule has 0 aliphatic heterocycles. The van der Waals surface area contributed by atoms with E-state index in [-0.39, 0.29) is 12.1 Å². The van der Waals surface area contributed by atoms with Crippen molar-refractivity contribution in [3.05, 3.63) is 29.6 Å². The van der Waals surface area contributed by atoms with Crippen LogP contribution in [-0.4, -0.2) is 31.8 Å². The van der Waals surface area contributed by atoms with Crippen molar-refractivity contribution in [2.75, 3.05) is 0 Å². The zero-order chi connectivity index (χ0) is 14.3. The number of fused-ring (bicyclic) bond motifs is 1. The Kier molecular flexibility index (Phi) is 3.22. The SMILES string of the molecule is CCCc1nc2cccc(C(=O)O)c2n1C1CC(O)C1. The van der Waals surface area contributed by atoms with Crippen LogP contribution in [-0.2, 0) is 6.42 Å². The molecule has 1 aromatic heterocycles. The van der Waals surface area contributed by atoms with Gasteiger partial charge in [0.05, 0.1) is 22.7 Å². The van der Waals surface area contributed by atoms with Crippen molar-refractivity contribution in [2.45, 2.75) is 44.8 Å². The first-order chi connectivity index (χ1) is 9.61. The third kappa shape index (κ3) is 1.98. The van der Waals surface area contributed by atoms with Gasteiger partial charge in [0.25, 0.3) is 0 Å². The van der Waals surface area contributed by atoms with Gasteiger partial charge < -0.3 is 14.8 Å². The molecule has 2 N–H and O–H groups in total. The summed E-state index contributed by atoms with van der Waals surface area (Å²) >= 11 is 0. The lowest BCUT2D eigenvalue weighted by Crippen LogP contribution is -2.32. The monoisotopic (exact) mass is 274 g/mol. The van der Waals surface area contributed by atoms with Crippen LogP contribution >= 0.6 is 0 Å². The molecule has 0 amide bonds. The molecular formula is C15H18N2O3. The molecule has 5 nitrogen and oxygen atoms in total. The fourth-order valence-electron chi connectivity index (χ4n) is 2.93. The highest BCUT2D eigenvalue weighted by Gasteiger charge is 2.32. The summed E-state index contributed by atoms with van der Waals surface area (Å²) in [5.74, 6) is -0.00669. The van der Waals surface area contributed by atoms with Gasteiger partial charge in [0.2, 0.25) is 0 Å². The smallest absolute Gasteiger partial charge is 0.337 e. The molecule has 1 aromatic carbocycles. The van der Waals surface area contributed by atoms with Crippen molar-refractivity contribution >= 4 is 17.0 Å². The van der Waals surface area contributed by atoms with E-state index < -0.39 is 5.97 Å². The predicted molar refractivity (Wildman–Crippen MR) is 75.0 cm³/mol. The number of aliphatic hydroxyl groups excluding tert-OH is 1. The van der Waals surface area contributed by atoms with E-state index in [0.717, 1.165) is 24.2 Å². The minimum absolute atomic E-state index is 0.164. The second-order valence-corrected chi connectivity index (χ2v) is 5.41. The largest absolute Gasteiger partial charge is 0.478 e. The molecule has 1 aliphatic carbocycles. The van der Waals surface area contributed by atoms with E-state index in [2.05, 4.69) is 11.9 Å². The van der Waals surface area contributed by atoms with Gasteiger partial charge in [-0.25, -0.2) is 9.78 Å². The number of imidazole rings is 1. The molecule has 0 bridgehead atoms. The number of carbonyl (C=O) groups is 1. The quantitative estimate of drug-likeness (QED) is 0.897. The lowest BCUT2D eigenvalue weighted by atomic mass is 9.88. The molecule has 0 spiro atoms. The summed E-state index contributed by atoms with van der Waals surface area (Å²) in [6.07, 6.45) is 2.86. The second-order valence-electron chi connectivity index (χ2n) is 5.41. The van der Waals surface area contributed by atoms with Crippen LogP contribution in [0.5, 0.6) is 0 Å². The van der Waals surface area contributed by atoms with Gasteiger partial charge in [0.1, 0.15) is 5.82 Å². The van der Waals surface area contributed by atoms with E-state index >= 15 is 0 Å². The van der Waals surface area contributed by atoms with Gasteiger partial charge in [-0.1, -0.05) is 13.0 Å². The molecule has 0 radical (unpaired) electrons. The van der Waals surface area contributed by atoms with Crippen LogP contribution in [0.3, 0.4) is 0 Å². The highest BCUT2D eigenvalue weighted by molar-refractivity contribution is 6.01. The summed E-state index contributed by atoms with van der Waals surface area (Å²) in [4.78, 5) is 16.0. The lowest BCUT2D eigenvalue weighted by molar-refractivity contribution is 0.0489. The Bertz CT molecular complexity index is 656. The molecule has 106 valence electrons. The predicted octanol–water partition coefficient (Wildman–Crippen LogP) is 2.38. The molecule has 2 aromatic rings. The fraction of sp³-hybridized carbons (Fsp3) is 0.467. The Morgan fingerprint density at radius 1 is 1.45 bits per heavy atom. The third-order valence-corrected chi connectivity index (χ3v) is 3.94. The van der Waals surface area contributed by atoms with Crippen LogP contribution in [0.25, 0.3) is 11.0 Å². The molecule has 0 unspecified atom stereocenters. The van der Waals surface area contributed by atoms with E-state index in [0.29, 0.717) is 23.9 Å². The number of aliphatic hydroxyl groups is 1. The van der Waals surface area contributed by atoms with Crippen LogP contribution in [0, 0.1) is 0 Å². The minimum atomic E-state index is -0.931. The molecule has 5 heteroatoms. The van der Waals surface area contributed by atoms with Crippen molar-refractivity contribution < 1.29 is 15.0 Å². The van der Waals surface area contributed by atoms with E-state index in [4.69, 9.17) is 0 Å². The molecule has 1 saturated carbocycles. The van der Waals surface area contributed by atoms with Crippen LogP contribution < -0.4 is 0 Å². The number of aromatic nitrogens is 2. The topological polar surface area (TPSA) is 75.3 Å². The number of benzene rings is 1. The summed E-state index contributed by atoms with van der Waals surface area (Å²) in [5.41, 5.74) is 1.72. The van der Waals surface area contributed by atoms with Crippen molar-refractivity contribution in [1.82, 2.24) is 9.55 Å². The Hall–Kier alpha value is -1.88. The van der Waals surface area contributed by atoms with Gasteiger partial charge in [0, 0.05) is 12.5 Å². The Labute approximate surface area is 116 Å². The van der Waals surface area contributed by atoms with Crippen molar-refractivity contribution in [3.8, 4) is 0 Å². The van der Waals surface area contributed by atoms with Crippen molar-refractivity contribution in [1.29, 1.82) is 0 Å². The van der Waals surface area contributed by atoms with Gasteiger partial charge in [-0.05, 0) is 31.4 Å². The number of hydrogen-bond acceptors (Lipinski definition) is 3. The van der Waals surface area contributed by atoms with Crippen molar-refractivity contribution in [2.24, 2.45) is 0 Å². The molecule has 20 heavy (non-hydrogen) atoms. The first-order valence-corrected chi connectivity index (χ1v) is 7.03. The van der Waals surface area contributed by atoms with Crippen molar-refractivity contribution in [3.63, 3.8) is 0 Å². The zero-order valence-corrected chi connectivity index (χ0v) is 11.4. The Balaban J connectivity index is 2.21. The number of nitrogens with zero attached hydrogens (tertiary/aromatic N) is 2. The van der Waals surface area contributed by atoms with Crippen LogP contribution in [0.4, 0.5) is 0 Å². The fourth-order valence-corrected chi connectivity index (χ4v) is 2.93. The maximum atomic E-state index is 11.4. The normalized spacial score (nSPS) is 21.9. The number of hydrogen-bond donors (Lipinski definition) is 2. The first-order valence-electron chi connectivity index (χ1n) is 7.03. The Morgan fingerprint density at radius 2 is 2.20 bits per heavy atom. The molecule has 0 saturated heterocycles. The van der Waals surface area contributed by atoms with Crippen LogP contribution in [0.15, 0.2) is 18.2 Å². The average molecular weight is 274 g/mol. The highest BCUT2D eigenvalue weighted by Crippen LogP contribution is 2.37. The van der Waals surface area contributed by atoms with Gasteiger partial charge in [0.15, 0.2) is 0 Å². The highest BCUT2D eigenvalue weighted by atomic mass is 16.4. The standard InChI is InChI=1S/C15H18N2O3/c1-2-4-13-16-12-6-3-5-11(15(19)20)14(12)17(13)9-7-10(18)8-9/h3,5-6,9-10,18H,2,4,7-8H2,1H3,(H,19,20). The summed E-state index contributed by atoms with van der Waals surface area (Å²) < 4.78 is 2.04. The molecule has 1 aliphatic rings. The van der Waals surface area contributed by atoms with E-state index in [1.807, 2.05) is 10.6 Å². The molecule has 0 atom stereocenters. The number of para-hydroxylation sites is 1. The first kappa shape index (κ1) is 13.1. The maximum Gasteiger partial charge on any atom is 0.337 e. The number of aromatic carboxylic acids is 1. The Morgan fingerprint density at radius 3 is 2.80 bits per heavy atom. The number of rotatable bonds is 4. The molecule has 1 fully saturated rings. The van der Waals surface area contributed by atoms with Gasteiger partial charge in [-0.2, -0.15) is 0 Å². The van der Waals surface area contributed by atoms with E-state index in [1.165, 1.54) is 0 Å². The minimum Gasteiger partial charge on any atom is -0.478 e. The van der Waals surface area contributed by atoms with Gasteiger partial charge in [-0.3, -0.25) is 0 Å². The summed E-state index contributed by atoms with van der Waals surface area (Å²) in [6, 6.07) is 5.37. The lowest BCUT2D eigenvalue weighted by Gasteiger charge is -2.34. The van der Waals surface area contributed by atoms with Crippen LogP contribution in [0.1, 0.15) is 48.4 Å².